The van der Waals surface area contributed by atoms with Gasteiger partial charge in [-0.2, -0.15) is 0 Å². The van der Waals surface area contributed by atoms with Crippen molar-refractivity contribution in [2.24, 2.45) is 0 Å². The first-order valence-electron chi connectivity index (χ1n) is 17.8. The maximum atomic E-state index is 6.42. The fraction of sp³-hybridized carbons (Fsp3) is 0.200. The third kappa shape index (κ3) is 5.34. The first-order chi connectivity index (χ1) is 23.8. The molecule has 1 radical (unpaired) electrons. The van der Waals surface area contributed by atoms with Gasteiger partial charge in [-0.3, -0.25) is 0 Å². The third-order valence-corrected chi connectivity index (χ3v) is 13.3. The van der Waals surface area contributed by atoms with Crippen molar-refractivity contribution in [3.63, 3.8) is 0 Å². The van der Waals surface area contributed by atoms with Gasteiger partial charge in [0.15, 0.2) is 20.3 Å². The molecule has 8 rings (SSSR count). The highest BCUT2D eigenvalue weighted by molar-refractivity contribution is 7.11. The summed E-state index contributed by atoms with van der Waals surface area (Å²) in [5, 5.41) is 4.38. The lowest BCUT2D eigenvalue weighted by Crippen LogP contribution is -2.75. The fourth-order valence-electron chi connectivity index (χ4n) is 8.00. The van der Waals surface area contributed by atoms with Gasteiger partial charge in [0.25, 0.3) is 0 Å². The van der Waals surface area contributed by atoms with E-state index in [4.69, 9.17) is 4.74 Å². The van der Waals surface area contributed by atoms with Crippen LogP contribution in [0.25, 0.3) is 0 Å². The lowest BCUT2D eigenvalue weighted by Gasteiger charge is -2.37. The van der Waals surface area contributed by atoms with Crippen molar-refractivity contribution in [1.29, 1.82) is 0 Å². The second-order valence-corrected chi connectivity index (χ2v) is 16.9. The van der Waals surface area contributed by atoms with Gasteiger partial charge in [-0.1, -0.05) is 171 Å². The van der Waals surface area contributed by atoms with Crippen LogP contribution in [0.3, 0.4) is 0 Å². The van der Waals surface area contributed by atoms with Gasteiger partial charge in [-0.15, -0.1) is 0 Å². The Morgan fingerprint density at radius 3 is 1.69 bits per heavy atom. The summed E-state index contributed by atoms with van der Waals surface area (Å²) in [7, 11) is -1.34. The molecule has 2 aliphatic heterocycles. The normalized spacial score (nSPS) is 13.7. The van der Waals surface area contributed by atoms with Crippen molar-refractivity contribution in [3.8, 4) is 11.5 Å². The summed E-state index contributed by atoms with van der Waals surface area (Å²) in [5.41, 5.74) is 12.1. The Hall–Kier alpha value is -4.80. The van der Waals surface area contributed by atoms with E-state index in [1.807, 2.05) is 0 Å². The molecule has 4 heteroatoms. The quantitative estimate of drug-likeness (QED) is 0.169. The van der Waals surface area contributed by atoms with E-state index in [2.05, 4.69) is 180 Å². The number of benzene rings is 6. The molecule has 0 amide bonds. The van der Waals surface area contributed by atoms with E-state index in [0.717, 1.165) is 22.9 Å². The molecule has 0 spiro atoms. The van der Waals surface area contributed by atoms with E-state index in [1.54, 1.807) is 0 Å². The van der Waals surface area contributed by atoms with Crippen LogP contribution in [0.2, 0.25) is 0 Å². The molecule has 6 aromatic rings. The van der Waals surface area contributed by atoms with E-state index in [1.165, 1.54) is 54.3 Å². The molecule has 49 heavy (non-hydrogen) atoms. The standard InChI is InChI=1S/C45H43BNOSi/c1-29(2)32-26-35(30(3)4)45(36(27-32)31(5)6)46-37-18-10-15-23-43(37)49(34-16-8-7-9-17-34)44-28-33(24-25-38(44)46)47-39-19-11-13-21-41(39)48-42-22-14-12-20-40(42)47/h7-31H,1-6H3. The zero-order valence-electron chi connectivity index (χ0n) is 29.4. The molecule has 0 aliphatic carbocycles. The van der Waals surface area contributed by atoms with Crippen molar-refractivity contribution in [2.75, 3.05) is 4.90 Å². The summed E-state index contributed by atoms with van der Waals surface area (Å²) in [6.07, 6.45) is 0. The van der Waals surface area contributed by atoms with E-state index in [-0.39, 0.29) is 6.71 Å². The fourth-order valence-corrected chi connectivity index (χ4v) is 11.0. The number of fused-ring (bicyclic) bond motifs is 4. The maximum absolute atomic E-state index is 6.42. The highest BCUT2D eigenvalue weighted by Crippen LogP contribution is 2.49. The van der Waals surface area contributed by atoms with E-state index in [0.29, 0.717) is 17.8 Å². The van der Waals surface area contributed by atoms with Crippen LogP contribution in [0.1, 0.15) is 76.0 Å². The zero-order valence-corrected chi connectivity index (χ0v) is 30.4. The van der Waals surface area contributed by atoms with Gasteiger partial charge in [0, 0.05) is 5.69 Å². The summed E-state index contributed by atoms with van der Waals surface area (Å²) in [5.74, 6) is 3.05. The number of para-hydroxylation sites is 4. The van der Waals surface area contributed by atoms with Gasteiger partial charge in [0.05, 0.1) is 11.4 Å². The summed E-state index contributed by atoms with van der Waals surface area (Å²) in [6, 6.07) is 49.8. The first-order valence-corrected chi connectivity index (χ1v) is 19.3. The Balaban J connectivity index is 1.43. The Labute approximate surface area is 294 Å². The Morgan fingerprint density at radius 2 is 1.08 bits per heavy atom. The zero-order chi connectivity index (χ0) is 33.8. The molecule has 2 heterocycles. The molecule has 2 aliphatic rings. The number of hydrogen-bond donors (Lipinski definition) is 0. The average molecular weight is 653 g/mol. The van der Waals surface area contributed by atoms with Crippen LogP contribution < -0.4 is 41.6 Å². The number of nitrogens with zero attached hydrogens (tertiary/aromatic N) is 1. The number of anilines is 3. The van der Waals surface area contributed by atoms with Crippen molar-refractivity contribution < 1.29 is 4.74 Å². The predicted octanol–water partition coefficient (Wildman–Crippen LogP) is 7.98. The van der Waals surface area contributed by atoms with Crippen LogP contribution in [-0.2, 0) is 0 Å². The van der Waals surface area contributed by atoms with Gasteiger partial charge in [-0.25, -0.2) is 0 Å². The molecule has 2 nitrogen and oxygen atoms in total. The van der Waals surface area contributed by atoms with Crippen molar-refractivity contribution >= 4 is 64.5 Å². The minimum atomic E-state index is -1.34. The second kappa shape index (κ2) is 12.6. The van der Waals surface area contributed by atoms with Crippen molar-refractivity contribution in [1.82, 2.24) is 0 Å². The lowest BCUT2D eigenvalue weighted by molar-refractivity contribution is 0.477. The molecule has 0 atom stereocenters. The molecule has 6 aromatic carbocycles. The number of ether oxygens (including phenoxy) is 1. The van der Waals surface area contributed by atoms with Gasteiger partial charge < -0.3 is 9.64 Å². The lowest BCUT2D eigenvalue weighted by atomic mass is 9.34. The second-order valence-electron chi connectivity index (χ2n) is 14.5. The first kappa shape index (κ1) is 31.5. The molecular weight excluding hydrogens is 609 g/mol. The van der Waals surface area contributed by atoms with Crippen LogP contribution in [0.4, 0.5) is 17.1 Å². The van der Waals surface area contributed by atoms with Gasteiger partial charge >= 0.3 is 0 Å². The number of rotatable bonds is 6. The van der Waals surface area contributed by atoms with Crippen LogP contribution in [-0.4, -0.2) is 15.5 Å². The summed E-state index contributed by atoms with van der Waals surface area (Å²) in [6.45, 7) is 14.3. The highest BCUT2D eigenvalue weighted by atomic mass is 28.3. The smallest absolute Gasteiger partial charge is 0.241 e. The molecule has 0 unspecified atom stereocenters. The van der Waals surface area contributed by atoms with Crippen LogP contribution in [0.15, 0.2) is 133 Å². The maximum Gasteiger partial charge on any atom is 0.241 e. The summed E-state index contributed by atoms with van der Waals surface area (Å²) in [4.78, 5) is 2.39. The minimum absolute atomic E-state index is 0.151. The van der Waals surface area contributed by atoms with Gasteiger partial charge in [-0.05, 0) is 70.8 Å². The third-order valence-electron chi connectivity index (χ3n) is 10.4. The SMILES string of the molecule is CC(C)c1cc(C(C)C)c(B2c3ccccc3[Si](c3ccccc3)c3cc(N4c5ccccc5Oc5ccccc54)ccc32)c(C(C)C)c1. The molecule has 0 aromatic heterocycles. The molecule has 0 saturated carbocycles. The van der Waals surface area contributed by atoms with Gasteiger partial charge in [0.2, 0.25) is 6.71 Å². The van der Waals surface area contributed by atoms with Crippen LogP contribution >= 0.6 is 0 Å². The van der Waals surface area contributed by atoms with Crippen molar-refractivity contribution in [2.45, 2.75) is 59.3 Å². The van der Waals surface area contributed by atoms with E-state index < -0.39 is 8.80 Å². The Kier molecular flexibility index (Phi) is 8.08. The van der Waals surface area contributed by atoms with Gasteiger partial charge in [0.1, 0.15) is 0 Å². The molecule has 0 saturated heterocycles. The number of hydrogen-bond acceptors (Lipinski definition) is 2. The monoisotopic (exact) mass is 652 g/mol. The molecule has 0 N–H and O–H groups in total. The minimum Gasteiger partial charge on any atom is -0.453 e. The Bertz CT molecular complexity index is 2100. The van der Waals surface area contributed by atoms with Crippen LogP contribution in [0, 0.1) is 0 Å². The largest absolute Gasteiger partial charge is 0.453 e. The van der Waals surface area contributed by atoms with E-state index >= 15 is 0 Å². The summed E-state index contributed by atoms with van der Waals surface area (Å²) >= 11 is 0. The molecule has 0 bridgehead atoms. The molecule has 0 fully saturated rings. The van der Waals surface area contributed by atoms with Crippen molar-refractivity contribution in [3.05, 3.63) is 150 Å². The van der Waals surface area contributed by atoms with E-state index in [9.17, 15) is 0 Å². The Morgan fingerprint density at radius 1 is 0.531 bits per heavy atom. The summed E-state index contributed by atoms with van der Waals surface area (Å²) < 4.78 is 6.42. The molecule has 241 valence electrons. The topological polar surface area (TPSA) is 12.5 Å². The van der Waals surface area contributed by atoms with Crippen LogP contribution in [0.5, 0.6) is 11.5 Å². The average Bonchev–Trinajstić information content (AvgIpc) is 3.12. The molecular formula is C45H43BNOSi. The predicted molar refractivity (Wildman–Crippen MR) is 212 cm³/mol. The highest BCUT2D eigenvalue weighted by Gasteiger charge is 2.40.